The number of nitrogens with two attached hydrogens (primary N) is 1. The minimum atomic E-state index is 0.131. The van der Waals surface area contributed by atoms with Crippen LogP contribution in [0.3, 0.4) is 0 Å². The minimum Gasteiger partial charge on any atom is -0.325 e. The SMILES string of the molecule is CCC(CC)c1cccc(CC2(N)CC2)c1. The molecule has 0 unspecified atom stereocenters. The van der Waals surface area contributed by atoms with E-state index in [1.54, 1.807) is 0 Å². The van der Waals surface area contributed by atoms with E-state index in [1.807, 2.05) is 0 Å². The number of hydrogen-bond donors (Lipinski definition) is 1. The highest BCUT2D eigenvalue weighted by Gasteiger charge is 2.37. The Balaban J connectivity index is 2.12. The van der Waals surface area contributed by atoms with Gasteiger partial charge in [-0.3, -0.25) is 0 Å². The van der Waals surface area contributed by atoms with E-state index in [0.29, 0.717) is 5.92 Å². The van der Waals surface area contributed by atoms with Gasteiger partial charge in [0.25, 0.3) is 0 Å². The van der Waals surface area contributed by atoms with Gasteiger partial charge in [0.15, 0.2) is 0 Å². The molecule has 0 aromatic heterocycles. The zero-order valence-corrected chi connectivity index (χ0v) is 10.5. The smallest absolute Gasteiger partial charge is 0.0196 e. The zero-order chi connectivity index (χ0) is 11.6. The predicted octanol–water partition coefficient (Wildman–Crippen LogP) is 3.62. The molecule has 2 rings (SSSR count). The highest BCUT2D eigenvalue weighted by atomic mass is 14.8. The van der Waals surface area contributed by atoms with Crippen LogP contribution in [0.25, 0.3) is 0 Å². The van der Waals surface area contributed by atoms with Crippen LogP contribution in [0.4, 0.5) is 0 Å². The van der Waals surface area contributed by atoms with Gasteiger partial charge < -0.3 is 5.73 Å². The molecule has 1 fully saturated rings. The van der Waals surface area contributed by atoms with E-state index in [9.17, 15) is 0 Å². The maximum Gasteiger partial charge on any atom is 0.0196 e. The molecule has 0 radical (unpaired) electrons. The molecule has 0 saturated heterocycles. The van der Waals surface area contributed by atoms with Gasteiger partial charge in [-0.15, -0.1) is 0 Å². The summed E-state index contributed by atoms with van der Waals surface area (Å²) < 4.78 is 0. The Labute approximate surface area is 99.0 Å². The average Bonchev–Trinajstić information content (AvgIpc) is 2.98. The first-order valence-electron chi connectivity index (χ1n) is 6.54. The van der Waals surface area contributed by atoms with E-state index in [0.717, 1.165) is 6.42 Å². The topological polar surface area (TPSA) is 26.0 Å². The summed E-state index contributed by atoms with van der Waals surface area (Å²) in [4.78, 5) is 0. The third-order valence-electron chi connectivity index (χ3n) is 3.86. The van der Waals surface area contributed by atoms with Gasteiger partial charge in [-0.25, -0.2) is 0 Å². The zero-order valence-electron chi connectivity index (χ0n) is 10.5. The summed E-state index contributed by atoms with van der Waals surface area (Å²) in [6, 6.07) is 9.04. The summed E-state index contributed by atoms with van der Waals surface area (Å²) in [5, 5.41) is 0. The van der Waals surface area contributed by atoms with Crippen molar-refractivity contribution < 1.29 is 0 Å². The molecule has 0 bridgehead atoms. The Kier molecular flexibility index (Phi) is 3.34. The van der Waals surface area contributed by atoms with Crippen LogP contribution in [0.15, 0.2) is 24.3 Å². The largest absolute Gasteiger partial charge is 0.325 e. The molecule has 1 aromatic carbocycles. The summed E-state index contributed by atoms with van der Waals surface area (Å²) in [6.45, 7) is 4.54. The van der Waals surface area contributed by atoms with Gasteiger partial charge >= 0.3 is 0 Å². The van der Waals surface area contributed by atoms with Gasteiger partial charge in [-0.1, -0.05) is 38.1 Å². The van der Waals surface area contributed by atoms with Crippen LogP contribution >= 0.6 is 0 Å². The molecule has 16 heavy (non-hydrogen) atoms. The second kappa shape index (κ2) is 4.58. The number of hydrogen-bond acceptors (Lipinski definition) is 1. The lowest BCUT2D eigenvalue weighted by molar-refractivity contribution is 0.636. The van der Waals surface area contributed by atoms with E-state index in [1.165, 1.54) is 36.8 Å². The second-order valence-corrected chi connectivity index (χ2v) is 5.30. The first-order chi connectivity index (χ1) is 7.67. The lowest BCUT2D eigenvalue weighted by Gasteiger charge is -2.15. The standard InChI is InChI=1S/C15H23N/c1-3-13(4-2)14-7-5-6-12(10-14)11-15(16)8-9-15/h5-7,10,13H,3-4,8-9,11,16H2,1-2H3. The van der Waals surface area contributed by atoms with Crippen molar-refractivity contribution in [1.29, 1.82) is 0 Å². The maximum absolute atomic E-state index is 6.17. The molecular formula is C15H23N. The van der Waals surface area contributed by atoms with Crippen molar-refractivity contribution in [2.45, 2.75) is 57.4 Å². The van der Waals surface area contributed by atoms with Crippen molar-refractivity contribution >= 4 is 0 Å². The molecule has 0 heterocycles. The molecule has 2 N–H and O–H groups in total. The fourth-order valence-corrected chi connectivity index (χ4v) is 2.46. The summed E-state index contributed by atoms with van der Waals surface area (Å²) in [5.74, 6) is 0.716. The lowest BCUT2D eigenvalue weighted by Crippen LogP contribution is -2.24. The third-order valence-corrected chi connectivity index (χ3v) is 3.86. The first-order valence-corrected chi connectivity index (χ1v) is 6.54. The Bertz CT molecular complexity index is 348. The van der Waals surface area contributed by atoms with Crippen LogP contribution in [0.5, 0.6) is 0 Å². The Morgan fingerprint density at radius 3 is 2.50 bits per heavy atom. The van der Waals surface area contributed by atoms with Gasteiger partial charge in [-0.05, 0) is 49.1 Å². The van der Waals surface area contributed by atoms with Crippen LogP contribution in [0.2, 0.25) is 0 Å². The lowest BCUT2D eigenvalue weighted by atomic mass is 9.91. The molecule has 1 aliphatic carbocycles. The molecule has 1 heteroatoms. The second-order valence-electron chi connectivity index (χ2n) is 5.30. The third kappa shape index (κ3) is 2.65. The molecule has 0 amide bonds. The summed E-state index contributed by atoms with van der Waals surface area (Å²) in [6.07, 6.45) is 5.91. The Hall–Kier alpha value is -0.820. The molecule has 1 nitrogen and oxygen atoms in total. The van der Waals surface area contributed by atoms with Gasteiger partial charge in [-0.2, -0.15) is 0 Å². The van der Waals surface area contributed by atoms with E-state index in [2.05, 4.69) is 38.1 Å². The fraction of sp³-hybridized carbons (Fsp3) is 0.600. The predicted molar refractivity (Wildman–Crippen MR) is 69.6 cm³/mol. The molecule has 1 aromatic rings. The van der Waals surface area contributed by atoms with Crippen molar-refractivity contribution in [3.8, 4) is 0 Å². The van der Waals surface area contributed by atoms with Crippen LogP contribution in [-0.2, 0) is 6.42 Å². The van der Waals surface area contributed by atoms with Crippen LogP contribution in [0, 0.1) is 0 Å². The van der Waals surface area contributed by atoms with Crippen molar-refractivity contribution in [2.24, 2.45) is 5.73 Å². The van der Waals surface area contributed by atoms with Crippen molar-refractivity contribution in [2.75, 3.05) is 0 Å². The molecule has 0 aliphatic heterocycles. The quantitative estimate of drug-likeness (QED) is 0.801. The van der Waals surface area contributed by atoms with Crippen molar-refractivity contribution in [1.82, 2.24) is 0 Å². The fourth-order valence-electron chi connectivity index (χ4n) is 2.46. The van der Waals surface area contributed by atoms with Gasteiger partial charge in [0.2, 0.25) is 0 Å². The average molecular weight is 217 g/mol. The normalized spacial score (nSPS) is 17.8. The maximum atomic E-state index is 6.17. The van der Waals surface area contributed by atoms with E-state index >= 15 is 0 Å². The highest BCUT2D eigenvalue weighted by Crippen LogP contribution is 2.36. The number of benzene rings is 1. The van der Waals surface area contributed by atoms with Crippen molar-refractivity contribution in [3.05, 3.63) is 35.4 Å². The molecule has 1 aliphatic rings. The van der Waals surface area contributed by atoms with E-state index in [-0.39, 0.29) is 5.54 Å². The van der Waals surface area contributed by atoms with Crippen LogP contribution < -0.4 is 5.73 Å². The Morgan fingerprint density at radius 2 is 1.94 bits per heavy atom. The molecule has 1 saturated carbocycles. The van der Waals surface area contributed by atoms with E-state index < -0.39 is 0 Å². The monoisotopic (exact) mass is 217 g/mol. The molecule has 88 valence electrons. The van der Waals surface area contributed by atoms with E-state index in [4.69, 9.17) is 5.73 Å². The summed E-state index contributed by atoms with van der Waals surface area (Å²) in [5.41, 5.74) is 9.21. The van der Waals surface area contributed by atoms with Crippen LogP contribution in [-0.4, -0.2) is 5.54 Å². The summed E-state index contributed by atoms with van der Waals surface area (Å²) >= 11 is 0. The highest BCUT2D eigenvalue weighted by molar-refractivity contribution is 5.28. The van der Waals surface area contributed by atoms with Crippen molar-refractivity contribution in [3.63, 3.8) is 0 Å². The summed E-state index contributed by atoms with van der Waals surface area (Å²) in [7, 11) is 0. The van der Waals surface area contributed by atoms with Crippen LogP contribution in [0.1, 0.15) is 56.6 Å². The van der Waals surface area contributed by atoms with Gasteiger partial charge in [0.1, 0.15) is 0 Å². The Morgan fingerprint density at radius 1 is 1.25 bits per heavy atom. The van der Waals surface area contributed by atoms with Gasteiger partial charge in [0, 0.05) is 5.54 Å². The molecule has 0 atom stereocenters. The van der Waals surface area contributed by atoms with Gasteiger partial charge in [0.05, 0.1) is 0 Å². The number of rotatable bonds is 5. The minimum absolute atomic E-state index is 0.131. The molecular weight excluding hydrogens is 194 g/mol. The molecule has 0 spiro atoms. The first kappa shape index (κ1) is 11.7.